The molecule has 17 heavy (non-hydrogen) atoms. The van der Waals surface area contributed by atoms with E-state index < -0.39 is 5.54 Å². The van der Waals surface area contributed by atoms with Crippen molar-refractivity contribution in [2.24, 2.45) is 11.7 Å². The predicted octanol–water partition coefficient (Wildman–Crippen LogP) is 0.734. The number of hydrogen-bond donors (Lipinski definition) is 3. The minimum absolute atomic E-state index is 0.137. The molecule has 0 aromatic heterocycles. The monoisotopic (exact) mass is 260 g/mol. The highest BCUT2D eigenvalue weighted by molar-refractivity contribution is 8.00. The Kier molecular flexibility index (Phi) is 5.76. The Labute approximate surface area is 108 Å². The third kappa shape index (κ3) is 3.86. The molecular formula is C12H24N2O2S. The molecule has 0 heterocycles. The second-order valence-corrected chi connectivity index (χ2v) is 6.27. The van der Waals surface area contributed by atoms with Gasteiger partial charge >= 0.3 is 0 Å². The van der Waals surface area contributed by atoms with Crippen LogP contribution in [-0.4, -0.2) is 40.7 Å². The molecule has 1 fully saturated rings. The first-order chi connectivity index (χ1) is 8.06. The molecule has 1 aliphatic carbocycles. The Balaban J connectivity index is 2.64. The van der Waals surface area contributed by atoms with Crippen molar-refractivity contribution in [1.29, 1.82) is 0 Å². The zero-order valence-corrected chi connectivity index (χ0v) is 11.6. The fourth-order valence-electron chi connectivity index (χ4n) is 1.92. The second kappa shape index (κ2) is 6.61. The third-order valence-corrected chi connectivity index (χ3v) is 4.60. The van der Waals surface area contributed by atoms with Gasteiger partial charge in [0.1, 0.15) is 5.54 Å². The van der Waals surface area contributed by atoms with Crippen LogP contribution in [0.5, 0.6) is 0 Å². The maximum atomic E-state index is 11.8. The molecule has 2 atom stereocenters. The molecule has 0 bridgehead atoms. The summed E-state index contributed by atoms with van der Waals surface area (Å²) in [5.41, 5.74) is 5.04. The summed E-state index contributed by atoms with van der Waals surface area (Å²) in [6, 6.07) is 0. The average Bonchev–Trinajstić information content (AvgIpc) is 3.13. The smallest absolute Gasteiger partial charge is 0.238 e. The van der Waals surface area contributed by atoms with Gasteiger partial charge in [0.25, 0.3) is 0 Å². The van der Waals surface area contributed by atoms with Crippen LogP contribution in [0.15, 0.2) is 0 Å². The topological polar surface area (TPSA) is 75.3 Å². The van der Waals surface area contributed by atoms with Crippen LogP contribution >= 0.6 is 11.8 Å². The molecule has 1 rings (SSSR count). The number of amides is 1. The number of nitrogens with one attached hydrogen (secondary N) is 1. The van der Waals surface area contributed by atoms with Gasteiger partial charge in [0.05, 0.1) is 6.61 Å². The lowest BCUT2D eigenvalue weighted by Crippen LogP contribution is -2.59. The van der Waals surface area contributed by atoms with E-state index in [0.717, 1.165) is 25.8 Å². The van der Waals surface area contributed by atoms with Crippen LogP contribution < -0.4 is 11.1 Å². The molecule has 4 nitrogen and oxygen atoms in total. The first-order valence-corrected chi connectivity index (χ1v) is 7.39. The SMILES string of the molecule is CCCNC(CSC(C)CO)(C(N)=O)C1CC1. The first-order valence-electron chi connectivity index (χ1n) is 6.34. The van der Waals surface area contributed by atoms with E-state index in [1.807, 2.05) is 6.92 Å². The molecule has 100 valence electrons. The van der Waals surface area contributed by atoms with Gasteiger partial charge in [0.15, 0.2) is 0 Å². The lowest BCUT2D eigenvalue weighted by molar-refractivity contribution is -0.124. The summed E-state index contributed by atoms with van der Waals surface area (Å²) in [4.78, 5) is 11.8. The zero-order chi connectivity index (χ0) is 12.9. The summed E-state index contributed by atoms with van der Waals surface area (Å²) >= 11 is 1.62. The van der Waals surface area contributed by atoms with Crippen molar-refractivity contribution >= 4 is 17.7 Å². The van der Waals surface area contributed by atoms with E-state index in [1.54, 1.807) is 11.8 Å². The van der Waals surface area contributed by atoms with Gasteiger partial charge in [0.2, 0.25) is 5.91 Å². The quantitative estimate of drug-likeness (QED) is 0.571. The lowest BCUT2D eigenvalue weighted by Gasteiger charge is -2.32. The molecule has 0 radical (unpaired) electrons. The normalized spacial score (nSPS) is 20.9. The summed E-state index contributed by atoms with van der Waals surface area (Å²) in [5, 5.41) is 12.5. The van der Waals surface area contributed by atoms with Gasteiger partial charge in [-0.3, -0.25) is 4.79 Å². The van der Waals surface area contributed by atoms with Gasteiger partial charge in [0, 0.05) is 11.0 Å². The van der Waals surface area contributed by atoms with Crippen LogP contribution in [0.4, 0.5) is 0 Å². The number of thioether (sulfide) groups is 1. The summed E-state index contributed by atoms with van der Waals surface area (Å²) in [7, 11) is 0. The molecule has 5 heteroatoms. The van der Waals surface area contributed by atoms with Crippen molar-refractivity contribution in [3.8, 4) is 0 Å². The molecule has 0 aromatic carbocycles. The Hall–Kier alpha value is -0.260. The van der Waals surface area contributed by atoms with E-state index in [-0.39, 0.29) is 17.8 Å². The number of aliphatic hydroxyl groups is 1. The zero-order valence-electron chi connectivity index (χ0n) is 10.7. The maximum absolute atomic E-state index is 11.8. The first kappa shape index (κ1) is 14.8. The lowest BCUT2D eigenvalue weighted by atomic mass is 9.94. The van der Waals surface area contributed by atoms with Crippen LogP contribution in [0.3, 0.4) is 0 Å². The van der Waals surface area contributed by atoms with Crippen LogP contribution in [0.1, 0.15) is 33.1 Å². The van der Waals surface area contributed by atoms with E-state index in [1.165, 1.54) is 0 Å². The van der Waals surface area contributed by atoms with Crippen molar-refractivity contribution < 1.29 is 9.90 Å². The fourth-order valence-corrected chi connectivity index (χ4v) is 3.06. The highest BCUT2D eigenvalue weighted by Crippen LogP contribution is 2.41. The van der Waals surface area contributed by atoms with Gasteiger partial charge < -0.3 is 16.2 Å². The highest BCUT2D eigenvalue weighted by Gasteiger charge is 2.49. The maximum Gasteiger partial charge on any atom is 0.238 e. The minimum atomic E-state index is -0.565. The summed E-state index contributed by atoms with van der Waals surface area (Å²) in [5.74, 6) is 0.797. The number of primary amides is 1. The number of carbonyl (C=O) groups is 1. The number of rotatable bonds is 9. The largest absolute Gasteiger partial charge is 0.395 e. The Morgan fingerprint density at radius 1 is 1.65 bits per heavy atom. The van der Waals surface area contributed by atoms with Crippen molar-refractivity contribution in [2.45, 2.75) is 43.9 Å². The molecule has 2 unspecified atom stereocenters. The third-order valence-electron chi connectivity index (χ3n) is 3.26. The molecule has 0 aromatic rings. The fraction of sp³-hybridized carbons (Fsp3) is 0.917. The van der Waals surface area contributed by atoms with Crippen molar-refractivity contribution in [3.05, 3.63) is 0 Å². The summed E-state index contributed by atoms with van der Waals surface area (Å²) in [6.45, 7) is 4.99. The molecule has 1 aliphatic rings. The van der Waals surface area contributed by atoms with Crippen molar-refractivity contribution in [1.82, 2.24) is 5.32 Å². The van der Waals surface area contributed by atoms with Gasteiger partial charge in [-0.05, 0) is 31.7 Å². The molecule has 1 amide bonds. The molecule has 0 saturated heterocycles. The van der Waals surface area contributed by atoms with E-state index in [9.17, 15) is 4.79 Å². The number of carbonyl (C=O) groups excluding carboxylic acids is 1. The Morgan fingerprint density at radius 3 is 2.71 bits per heavy atom. The van der Waals surface area contributed by atoms with Gasteiger partial charge in [-0.15, -0.1) is 0 Å². The molecule has 0 spiro atoms. The van der Waals surface area contributed by atoms with Crippen LogP contribution in [-0.2, 0) is 4.79 Å². The van der Waals surface area contributed by atoms with Crippen LogP contribution in [0.25, 0.3) is 0 Å². The van der Waals surface area contributed by atoms with E-state index in [4.69, 9.17) is 10.8 Å². The average molecular weight is 260 g/mol. The van der Waals surface area contributed by atoms with E-state index in [2.05, 4.69) is 12.2 Å². The van der Waals surface area contributed by atoms with Gasteiger partial charge in [-0.1, -0.05) is 13.8 Å². The standard InChI is InChI=1S/C12H24N2O2S/c1-3-6-14-12(11(13)16,10-4-5-10)8-17-9(2)7-15/h9-10,14-15H,3-8H2,1-2H3,(H2,13,16). The van der Waals surface area contributed by atoms with Crippen molar-refractivity contribution in [3.63, 3.8) is 0 Å². The number of nitrogens with two attached hydrogens (primary N) is 1. The second-order valence-electron chi connectivity index (χ2n) is 4.84. The highest BCUT2D eigenvalue weighted by atomic mass is 32.2. The molecule has 0 aliphatic heterocycles. The minimum Gasteiger partial charge on any atom is -0.395 e. The van der Waals surface area contributed by atoms with Crippen LogP contribution in [0.2, 0.25) is 0 Å². The van der Waals surface area contributed by atoms with Gasteiger partial charge in [-0.25, -0.2) is 0 Å². The molecule has 1 saturated carbocycles. The van der Waals surface area contributed by atoms with Crippen LogP contribution in [0, 0.1) is 5.92 Å². The number of hydrogen-bond acceptors (Lipinski definition) is 4. The molecule has 4 N–H and O–H groups in total. The van der Waals surface area contributed by atoms with E-state index >= 15 is 0 Å². The Bertz CT molecular complexity index is 259. The number of aliphatic hydroxyl groups excluding tert-OH is 1. The van der Waals surface area contributed by atoms with Gasteiger partial charge in [-0.2, -0.15) is 11.8 Å². The summed E-state index contributed by atoms with van der Waals surface area (Å²) < 4.78 is 0. The van der Waals surface area contributed by atoms with Crippen molar-refractivity contribution in [2.75, 3.05) is 18.9 Å². The molecular weight excluding hydrogens is 236 g/mol. The summed E-state index contributed by atoms with van der Waals surface area (Å²) in [6.07, 6.45) is 3.14. The van der Waals surface area contributed by atoms with E-state index in [0.29, 0.717) is 11.7 Å². The predicted molar refractivity (Wildman–Crippen MR) is 71.9 cm³/mol. The Morgan fingerprint density at radius 2 is 2.29 bits per heavy atom.